The first-order chi connectivity index (χ1) is 8.36. The van der Waals surface area contributed by atoms with Gasteiger partial charge in [0.1, 0.15) is 6.04 Å². The molecule has 2 rings (SSSR count). The van der Waals surface area contributed by atoms with Crippen molar-refractivity contribution in [2.75, 3.05) is 6.54 Å². The smallest absolute Gasteiger partial charge is 0.151 e. The van der Waals surface area contributed by atoms with Gasteiger partial charge in [0.25, 0.3) is 0 Å². The molecule has 0 aliphatic rings. The van der Waals surface area contributed by atoms with E-state index in [1.54, 1.807) is 18.6 Å². The zero-order valence-electron chi connectivity index (χ0n) is 10.0. The molecule has 0 aliphatic heterocycles. The fourth-order valence-electron chi connectivity index (χ4n) is 1.73. The Balaban J connectivity index is 2.36. The molecule has 0 saturated carbocycles. The van der Waals surface area contributed by atoms with Crippen molar-refractivity contribution in [3.63, 3.8) is 0 Å². The van der Waals surface area contributed by atoms with Gasteiger partial charge in [0.2, 0.25) is 0 Å². The number of rotatable bonds is 5. The van der Waals surface area contributed by atoms with E-state index in [1.807, 2.05) is 17.7 Å². The van der Waals surface area contributed by atoms with Gasteiger partial charge >= 0.3 is 0 Å². The predicted molar refractivity (Wildman–Crippen MR) is 63.2 cm³/mol. The van der Waals surface area contributed by atoms with Crippen molar-refractivity contribution in [2.45, 2.75) is 26.4 Å². The van der Waals surface area contributed by atoms with Gasteiger partial charge in [-0.15, -0.1) is 5.10 Å². The molecule has 1 N–H and O–H groups in total. The minimum absolute atomic E-state index is 0.0591. The number of hydrogen-bond acceptors (Lipinski definition) is 5. The lowest BCUT2D eigenvalue weighted by Gasteiger charge is -2.16. The lowest BCUT2D eigenvalue weighted by molar-refractivity contribution is 0.519. The minimum Gasteiger partial charge on any atom is -0.303 e. The summed E-state index contributed by atoms with van der Waals surface area (Å²) in [6, 6.07) is 1.75. The van der Waals surface area contributed by atoms with Crippen LogP contribution in [-0.2, 0) is 6.54 Å². The van der Waals surface area contributed by atoms with Gasteiger partial charge in [0.15, 0.2) is 5.82 Å². The molecule has 0 aromatic carbocycles. The lowest BCUT2D eigenvalue weighted by Crippen LogP contribution is -2.26. The summed E-state index contributed by atoms with van der Waals surface area (Å²) >= 11 is 0. The van der Waals surface area contributed by atoms with Crippen LogP contribution in [0.1, 0.15) is 31.4 Å². The van der Waals surface area contributed by atoms with E-state index in [2.05, 4.69) is 32.5 Å². The maximum absolute atomic E-state index is 4.29. The van der Waals surface area contributed by atoms with Crippen molar-refractivity contribution < 1.29 is 0 Å². The summed E-state index contributed by atoms with van der Waals surface area (Å²) in [6.07, 6.45) is 5.24. The fourth-order valence-corrected chi connectivity index (χ4v) is 1.73. The van der Waals surface area contributed by atoms with E-state index in [4.69, 9.17) is 0 Å². The van der Waals surface area contributed by atoms with E-state index < -0.39 is 0 Å². The lowest BCUT2D eigenvalue weighted by atomic mass is 10.2. The number of hydrogen-bond donors (Lipinski definition) is 1. The quantitative estimate of drug-likeness (QED) is 0.825. The summed E-state index contributed by atoms with van der Waals surface area (Å²) in [6.45, 7) is 5.70. The number of aromatic nitrogens is 5. The van der Waals surface area contributed by atoms with Gasteiger partial charge in [-0.05, 0) is 19.5 Å². The predicted octanol–water partition coefficient (Wildman–Crippen LogP) is 0.787. The standard InChI is InChI=1S/C11H16N6/c1-3-12-10(11-13-6-5-7-14-11)9-8-15-16-17(9)4-2/h5-8,10,12H,3-4H2,1-2H3. The molecule has 0 bridgehead atoms. The molecule has 0 radical (unpaired) electrons. The Hall–Kier alpha value is -1.82. The Bertz CT molecular complexity index is 452. The average molecular weight is 232 g/mol. The highest BCUT2D eigenvalue weighted by Crippen LogP contribution is 2.16. The SMILES string of the molecule is CCNC(c1ncccn1)c1cnnn1CC. The molecule has 0 amide bonds. The molecule has 6 nitrogen and oxygen atoms in total. The molecule has 90 valence electrons. The van der Waals surface area contributed by atoms with E-state index in [9.17, 15) is 0 Å². The molecular formula is C11H16N6. The summed E-state index contributed by atoms with van der Waals surface area (Å²) in [5, 5.41) is 11.3. The maximum atomic E-state index is 4.29. The van der Waals surface area contributed by atoms with Crippen LogP contribution in [0.5, 0.6) is 0 Å². The first kappa shape index (κ1) is 11.7. The zero-order valence-corrected chi connectivity index (χ0v) is 10.0. The fraction of sp³-hybridized carbons (Fsp3) is 0.455. The molecular weight excluding hydrogens is 216 g/mol. The summed E-state index contributed by atoms with van der Waals surface area (Å²) < 4.78 is 1.85. The first-order valence-electron chi connectivity index (χ1n) is 5.75. The van der Waals surface area contributed by atoms with Crippen LogP contribution in [0.2, 0.25) is 0 Å². The van der Waals surface area contributed by atoms with Crippen molar-refractivity contribution in [3.8, 4) is 0 Å². The van der Waals surface area contributed by atoms with Crippen molar-refractivity contribution in [2.24, 2.45) is 0 Å². The van der Waals surface area contributed by atoms with Gasteiger partial charge in [-0.25, -0.2) is 14.6 Å². The van der Waals surface area contributed by atoms with Crippen LogP contribution in [-0.4, -0.2) is 31.5 Å². The third-order valence-corrected chi connectivity index (χ3v) is 2.50. The van der Waals surface area contributed by atoms with E-state index in [1.165, 1.54) is 0 Å². The molecule has 2 aromatic rings. The van der Waals surface area contributed by atoms with Gasteiger partial charge in [0, 0.05) is 18.9 Å². The van der Waals surface area contributed by atoms with E-state index in [0.717, 1.165) is 24.6 Å². The van der Waals surface area contributed by atoms with Crippen LogP contribution in [0, 0.1) is 0 Å². The molecule has 2 aromatic heterocycles. The van der Waals surface area contributed by atoms with Crippen LogP contribution in [0.4, 0.5) is 0 Å². The highest BCUT2D eigenvalue weighted by molar-refractivity contribution is 5.13. The molecule has 1 unspecified atom stereocenters. The Labute approximate surface area is 100 Å². The van der Waals surface area contributed by atoms with Crippen LogP contribution in [0.15, 0.2) is 24.7 Å². The Morgan fingerprint density at radius 1 is 1.29 bits per heavy atom. The monoisotopic (exact) mass is 232 g/mol. The number of aryl methyl sites for hydroxylation is 1. The van der Waals surface area contributed by atoms with Gasteiger partial charge in [0.05, 0.1) is 11.9 Å². The Kier molecular flexibility index (Phi) is 3.77. The third kappa shape index (κ3) is 2.47. The highest BCUT2D eigenvalue weighted by Gasteiger charge is 2.19. The summed E-state index contributed by atoms with van der Waals surface area (Å²) in [7, 11) is 0. The second kappa shape index (κ2) is 5.49. The second-order valence-corrected chi connectivity index (χ2v) is 3.57. The molecule has 0 aliphatic carbocycles. The van der Waals surface area contributed by atoms with Gasteiger partial charge in [-0.2, -0.15) is 0 Å². The van der Waals surface area contributed by atoms with Crippen molar-refractivity contribution >= 4 is 0 Å². The molecule has 0 saturated heterocycles. The zero-order chi connectivity index (χ0) is 12.1. The average Bonchev–Trinajstić information content (AvgIpc) is 2.85. The van der Waals surface area contributed by atoms with Crippen LogP contribution in [0.25, 0.3) is 0 Å². The van der Waals surface area contributed by atoms with Gasteiger partial charge in [-0.1, -0.05) is 12.1 Å². The van der Waals surface area contributed by atoms with E-state index in [0.29, 0.717) is 0 Å². The van der Waals surface area contributed by atoms with Crippen molar-refractivity contribution in [1.29, 1.82) is 0 Å². The maximum Gasteiger partial charge on any atom is 0.151 e. The minimum atomic E-state index is -0.0591. The third-order valence-electron chi connectivity index (χ3n) is 2.50. The van der Waals surface area contributed by atoms with Crippen LogP contribution < -0.4 is 5.32 Å². The van der Waals surface area contributed by atoms with E-state index >= 15 is 0 Å². The second-order valence-electron chi connectivity index (χ2n) is 3.57. The number of nitrogens with zero attached hydrogens (tertiary/aromatic N) is 5. The highest BCUT2D eigenvalue weighted by atomic mass is 15.4. The topological polar surface area (TPSA) is 68.5 Å². The molecule has 2 heterocycles. The normalized spacial score (nSPS) is 12.6. The van der Waals surface area contributed by atoms with Gasteiger partial charge < -0.3 is 5.32 Å². The molecule has 1 atom stereocenters. The summed E-state index contributed by atoms with van der Waals surface area (Å²) in [5.41, 5.74) is 0.987. The molecule has 0 fully saturated rings. The molecule has 17 heavy (non-hydrogen) atoms. The number of nitrogens with one attached hydrogen (secondary N) is 1. The Morgan fingerprint density at radius 3 is 2.71 bits per heavy atom. The molecule has 0 spiro atoms. The van der Waals surface area contributed by atoms with E-state index in [-0.39, 0.29) is 6.04 Å². The van der Waals surface area contributed by atoms with Crippen molar-refractivity contribution in [1.82, 2.24) is 30.3 Å². The largest absolute Gasteiger partial charge is 0.303 e. The van der Waals surface area contributed by atoms with Crippen LogP contribution in [0.3, 0.4) is 0 Å². The van der Waals surface area contributed by atoms with Crippen molar-refractivity contribution in [3.05, 3.63) is 36.2 Å². The molecule has 6 heteroatoms. The van der Waals surface area contributed by atoms with Crippen LogP contribution >= 0.6 is 0 Å². The summed E-state index contributed by atoms with van der Waals surface area (Å²) in [5.74, 6) is 0.742. The first-order valence-corrected chi connectivity index (χ1v) is 5.75. The Morgan fingerprint density at radius 2 is 2.06 bits per heavy atom. The van der Waals surface area contributed by atoms with Gasteiger partial charge in [-0.3, -0.25) is 0 Å². The summed E-state index contributed by atoms with van der Waals surface area (Å²) in [4.78, 5) is 8.57.